The van der Waals surface area contributed by atoms with Gasteiger partial charge in [-0.15, -0.1) is 0 Å². The van der Waals surface area contributed by atoms with Crippen molar-refractivity contribution in [2.75, 3.05) is 11.1 Å². The molecule has 5 heteroatoms. The fourth-order valence-corrected chi connectivity index (χ4v) is 1.63. The normalized spacial score (nSPS) is 10.2. The number of anilines is 2. The van der Waals surface area contributed by atoms with Crippen molar-refractivity contribution >= 4 is 23.1 Å². The second-order valence-corrected chi connectivity index (χ2v) is 3.98. The molecule has 0 aliphatic carbocycles. The summed E-state index contributed by atoms with van der Waals surface area (Å²) in [6.45, 7) is 0.410. The van der Waals surface area contributed by atoms with Gasteiger partial charge in [0.1, 0.15) is 11.6 Å². The van der Waals surface area contributed by atoms with Gasteiger partial charge in [-0.1, -0.05) is 11.6 Å². The van der Waals surface area contributed by atoms with Crippen LogP contribution in [0.3, 0.4) is 0 Å². The average molecular weight is 250 g/mol. The van der Waals surface area contributed by atoms with Crippen molar-refractivity contribution in [1.29, 1.82) is 0 Å². The summed E-state index contributed by atoms with van der Waals surface area (Å²) in [6, 6.07) is 8.42. The highest BCUT2D eigenvalue weighted by Crippen LogP contribution is 2.23. The van der Waals surface area contributed by atoms with E-state index in [1.54, 1.807) is 36.5 Å². The molecule has 0 unspecified atom stereocenters. The number of aromatic nitrogens is 1. The van der Waals surface area contributed by atoms with E-state index in [-0.39, 0.29) is 5.75 Å². The first kappa shape index (κ1) is 11.5. The molecule has 1 heterocycles. The van der Waals surface area contributed by atoms with Gasteiger partial charge in [0.05, 0.1) is 5.02 Å². The van der Waals surface area contributed by atoms with E-state index in [0.29, 0.717) is 28.6 Å². The third-order valence-electron chi connectivity index (χ3n) is 2.31. The highest BCUT2D eigenvalue weighted by atomic mass is 35.5. The standard InChI is InChI=1S/C12H12ClN3O/c13-10-2-1-5-15-12(10)16-7-8-6-9(14)3-4-11(8)17/h1-6,17H,7,14H2,(H,15,16). The number of aromatic hydroxyl groups is 1. The van der Waals surface area contributed by atoms with Crippen LogP contribution in [-0.2, 0) is 6.54 Å². The molecule has 0 radical (unpaired) electrons. The molecule has 4 nitrogen and oxygen atoms in total. The van der Waals surface area contributed by atoms with Crippen LogP contribution in [0.15, 0.2) is 36.5 Å². The zero-order valence-corrected chi connectivity index (χ0v) is 9.78. The Balaban J connectivity index is 2.12. The third kappa shape index (κ3) is 2.79. The summed E-state index contributed by atoms with van der Waals surface area (Å²) in [5.74, 6) is 0.773. The molecule has 0 saturated carbocycles. The first-order valence-corrected chi connectivity index (χ1v) is 5.46. The Bertz CT molecular complexity index is 531. The monoisotopic (exact) mass is 249 g/mol. The van der Waals surface area contributed by atoms with Crippen LogP contribution < -0.4 is 11.1 Å². The van der Waals surface area contributed by atoms with Gasteiger partial charge in [0.2, 0.25) is 0 Å². The summed E-state index contributed by atoms with van der Waals surface area (Å²) in [7, 11) is 0. The third-order valence-corrected chi connectivity index (χ3v) is 2.61. The highest BCUT2D eigenvalue weighted by molar-refractivity contribution is 6.32. The summed E-state index contributed by atoms with van der Waals surface area (Å²) < 4.78 is 0. The van der Waals surface area contributed by atoms with E-state index in [1.165, 1.54) is 0 Å². The fourth-order valence-electron chi connectivity index (χ4n) is 1.44. The van der Waals surface area contributed by atoms with E-state index in [2.05, 4.69) is 10.3 Å². The van der Waals surface area contributed by atoms with Crippen molar-refractivity contribution in [2.45, 2.75) is 6.54 Å². The number of hydrogen-bond donors (Lipinski definition) is 3. The number of phenols is 1. The maximum absolute atomic E-state index is 9.63. The Morgan fingerprint density at radius 2 is 2.18 bits per heavy atom. The number of phenolic OH excluding ortho intramolecular Hbond substituents is 1. The summed E-state index contributed by atoms with van der Waals surface area (Å²) in [5, 5.41) is 13.2. The van der Waals surface area contributed by atoms with Crippen LogP contribution in [0.1, 0.15) is 5.56 Å². The predicted octanol–water partition coefficient (Wildman–Crippen LogP) is 2.63. The molecule has 2 aromatic rings. The van der Waals surface area contributed by atoms with E-state index in [0.717, 1.165) is 0 Å². The molecule has 0 amide bonds. The predicted molar refractivity (Wildman–Crippen MR) is 69.1 cm³/mol. The summed E-state index contributed by atoms with van der Waals surface area (Å²) >= 11 is 5.95. The minimum Gasteiger partial charge on any atom is -0.508 e. The molecule has 0 bridgehead atoms. The van der Waals surface area contributed by atoms with E-state index < -0.39 is 0 Å². The van der Waals surface area contributed by atoms with Crippen LogP contribution in [0.4, 0.5) is 11.5 Å². The van der Waals surface area contributed by atoms with Crippen LogP contribution in [-0.4, -0.2) is 10.1 Å². The Hall–Kier alpha value is -1.94. The first-order valence-electron chi connectivity index (χ1n) is 5.08. The van der Waals surface area contributed by atoms with Crippen LogP contribution in [0.25, 0.3) is 0 Å². The van der Waals surface area contributed by atoms with Crippen molar-refractivity contribution in [2.24, 2.45) is 0 Å². The van der Waals surface area contributed by atoms with Gasteiger partial charge in [0.25, 0.3) is 0 Å². The number of nitrogens with two attached hydrogens (primary N) is 1. The zero-order valence-electron chi connectivity index (χ0n) is 9.02. The number of hydrogen-bond acceptors (Lipinski definition) is 4. The molecule has 2 rings (SSSR count). The molecule has 0 spiro atoms. The number of nitrogens with zero attached hydrogens (tertiary/aromatic N) is 1. The fraction of sp³-hybridized carbons (Fsp3) is 0.0833. The lowest BCUT2D eigenvalue weighted by molar-refractivity contribution is 0.469. The maximum Gasteiger partial charge on any atom is 0.145 e. The second-order valence-electron chi connectivity index (χ2n) is 3.58. The Morgan fingerprint density at radius 3 is 2.94 bits per heavy atom. The van der Waals surface area contributed by atoms with Crippen LogP contribution in [0.2, 0.25) is 5.02 Å². The summed E-state index contributed by atoms with van der Waals surface area (Å²) in [4.78, 5) is 4.09. The van der Waals surface area contributed by atoms with Gasteiger partial charge in [0.15, 0.2) is 0 Å². The molecule has 0 saturated heterocycles. The summed E-state index contributed by atoms with van der Waals surface area (Å²) in [6.07, 6.45) is 1.65. The van der Waals surface area contributed by atoms with Gasteiger partial charge in [0, 0.05) is 24.0 Å². The lowest BCUT2D eigenvalue weighted by atomic mass is 10.2. The Labute approximate surface area is 104 Å². The van der Waals surface area contributed by atoms with E-state index in [9.17, 15) is 5.11 Å². The Morgan fingerprint density at radius 1 is 1.35 bits per heavy atom. The van der Waals surface area contributed by atoms with Crippen molar-refractivity contribution in [3.8, 4) is 5.75 Å². The van der Waals surface area contributed by atoms with Gasteiger partial charge < -0.3 is 16.2 Å². The largest absolute Gasteiger partial charge is 0.508 e. The number of rotatable bonds is 3. The molecule has 1 aromatic carbocycles. The average Bonchev–Trinajstić information content (AvgIpc) is 2.32. The van der Waals surface area contributed by atoms with E-state index in [4.69, 9.17) is 17.3 Å². The molecule has 17 heavy (non-hydrogen) atoms. The lowest BCUT2D eigenvalue weighted by Crippen LogP contribution is -2.02. The molecule has 88 valence electrons. The quantitative estimate of drug-likeness (QED) is 0.578. The van der Waals surface area contributed by atoms with Crippen molar-refractivity contribution in [3.05, 3.63) is 47.1 Å². The molecule has 0 atom stereocenters. The van der Waals surface area contributed by atoms with E-state index >= 15 is 0 Å². The van der Waals surface area contributed by atoms with Gasteiger partial charge in [-0.2, -0.15) is 0 Å². The number of nitrogens with one attached hydrogen (secondary N) is 1. The molecule has 4 N–H and O–H groups in total. The molecule has 0 aliphatic heterocycles. The minimum absolute atomic E-state index is 0.193. The van der Waals surface area contributed by atoms with Crippen molar-refractivity contribution < 1.29 is 5.11 Å². The maximum atomic E-state index is 9.63. The SMILES string of the molecule is Nc1ccc(O)c(CNc2ncccc2Cl)c1. The van der Waals surface area contributed by atoms with E-state index in [1.807, 2.05) is 0 Å². The van der Waals surface area contributed by atoms with Gasteiger partial charge >= 0.3 is 0 Å². The smallest absolute Gasteiger partial charge is 0.145 e. The number of halogens is 1. The molecule has 0 fully saturated rings. The molecular weight excluding hydrogens is 238 g/mol. The lowest BCUT2D eigenvalue weighted by Gasteiger charge is -2.09. The molecule has 0 aliphatic rings. The topological polar surface area (TPSA) is 71.2 Å². The summed E-state index contributed by atoms with van der Waals surface area (Å²) in [5.41, 5.74) is 6.95. The number of nitrogen functional groups attached to an aromatic ring is 1. The van der Waals surface area contributed by atoms with Crippen molar-refractivity contribution in [1.82, 2.24) is 4.98 Å². The van der Waals surface area contributed by atoms with Crippen LogP contribution in [0.5, 0.6) is 5.75 Å². The van der Waals surface area contributed by atoms with Gasteiger partial charge in [-0.3, -0.25) is 0 Å². The number of pyridine rings is 1. The minimum atomic E-state index is 0.193. The first-order chi connectivity index (χ1) is 8.16. The van der Waals surface area contributed by atoms with Gasteiger partial charge in [-0.05, 0) is 30.3 Å². The van der Waals surface area contributed by atoms with Crippen LogP contribution in [0, 0.1) is 0 Å². The van der Waals surface area contributed by atoms with Crippen LogP contribution >= 0.6 is 11.6 Å². The number of benzene rings is 1. The Kier molecular flexibility index (Phi) is 3.35. The second kappa shape index (κ2) is 4.93. The highest BCUT2D eigenvalue weighted by Gasteiger charge is 2.04. The van der Waals surface area contributed by atoms with Crippen molar-refractivity contribution in [3.63, 3.8) is 0 Å². The molecule has 1 aromatic heterocycles. The molecular formula is C12H12ClN3O. The van der Waals surface area contributed by atoms with Gasteiger partial charge in [-0.25, -0.2) is 4.98 Å². The zero-order chi connectivity index (χ0) is 12.3.